The summed E-state index contributed by atoms with van der Waals surface area (Å²) < 4.78 is 15.0. The molecule has 4 nitrogen and oxygen atoms in total. The molecule has 64 heavy (non-hydrogen) atoms. The minimum Gasteiger partial charge on any atom is -0.449 e. The second-order valence-electron chi connectivity index (χ2n) is 16.2. The largest absolute Gasteiger partial charge is 0.449 e. The number of para-hydroxylation sites is 3. The van der Waals surface area contributed by atoms with Crippen molar-refractivity contribution in [3.63, 3.8) is 0 Å². The molecular formula is C60H40N2O2. The Hall–Kier alpha value is -8.60. The average molecular weight is 821 g/mol. The minimum atomic E-state index is 0.706. The molecule has 0 N–H and O–H groups in total. The van der Waals surface area contributed by atoms with Crippen LogP contribution in [0.4, 0.5) is 17.1 Å². The lowest BCUT2D eigenvalue weighted by Gasteiger charge is -2.26. The molecule has 0 spiro atoms. The topological polar surface area (TPSA) is 26.6 Å². The van der Waals surface area contributed by atoms with E-state index < -0.39 is 0 Å². The van der Waals surface area contributed by atoms with Crippen molar-refractivity contribution in [1.82, 2.24) is 4.57 Å². The van der Waals surface area contributed by atoms with Crippen LogP contribution in [0.25, 0.3) is 72.0 Å². The molecule has 10 aromatic carbocycles. The Balaban J connectivity index is 0.868. The van der Waals surface area contributed by atoms with Gasteiger partial charge in [-0.1, -0.05) is 164 Å². The smallest absolute Gasteiger partial charge is 0.172 e. The van der Waals surface area contributed by atoms with E-state index in [1.54, 1.807) is 0 Å². The highest BCUT2D eigenvalue weighted by atomic mass is 16.6. The van der Waals surface area contributed by atoms with Gasteiger partial charge in [0.1, 0.15) is 0 Å². The fourth-order valence-corrected chi connectivity index (χ4v) is 9.05. The standard InChI is InChI=1S/C60H40N2O2/c1-4-12-41(13-5-1)44-24-31-50(32-25-44)61(51-33-26-45(27-34-51)42-14-6-2-7-15-42)52-35-28-46(29-36-52)43-20-22-47(23-21-43)48-30-37-53-54-39-59-60(64-58-19-11-10-18-57(58)63-59)40-56(54)62(55(53)38-48)49-16-8-3-9-17-49/h1-40H. The predicted molar refractivity (Wildman–Crippen MR) is 264 cm³/mol. The number of rotatable bonds is 8. The Morgan fingerprint density at radius 2 is 0.625 bits per heavy atom. The van der Waals surface area contributed by atoms with Gasteiger partial charge in [-0.3, -0.25) is 0 Å². The number of fused-ring (bicyclic) bond motifs is 5. The number of nitrogens with zero attached hydrogens (tertiary/aromatic N) is 2. The quantitative estimate of drug-likeness (QED) is 0.153. The number of anilines is 3. The van der Waals surface area contributed by atoms with Crippen LogP contribution in [0, 0.1) is 0 Å². The third-order valence-corrected chi connectivity index (χ3v) is 12.3. The SMILES string of the molecule is c1ccc(-c2ccc(N(c3ccc(-c4ccccc4)cc3)c3ccc(-c4ccc(-c5ccc6c7cc8c(cc7n(-c7ccccc7)c6c5)Oc5ccccc5O8)cc4)cc3)cc2)cc1. The van der Waals surface area contributed by atoms with E-state index in [0.717, 1.165) is 78.3 Å². The van der Waals surface area contributed by atoms with E-state index in [0.29, 0.717) is 11.5 Å². The Bertz CT molecular complexity index is 3350. The average Bonchev–Trinajstić information content (AvgIpc) is 3.68. The van der Waals surface area contributed by atoms with E-state index in [1.807, 2.05) is 24.3 Å². The van der Waals surface area contributed by atoms with Crippen molar-refractivity contribution in [3.05, 3.63) is 243 Å². The number of hydrogen-bond acceptors (Lipinski definition) is 3. The number of aromatic nitrogens is 1. The van der Waals surface area contributed by atoms with E-state index in [-0.39, 0.29) is 0 Å². The summed E-state index contributed by atoms with van der Waals surface area (Å²) in [6.45, 7) is 0. The van der Waals surface area contributed by atoms with E-state index in [9.17, 15) is 0 Å². The number of hydrogen-bond donors (Lipinski definition) is 0. The summed E-state index contributed by atoms with van der Waals surface area (Å²) in [5.74, 6) is 2.86. The molecule has 4 heteroatoms. The van der Waals surface area contributed by atoms with Crippen LogP contribution < -0.4 is 14.4 Å². The van der Waals surface area contributed by atoms with Gasteiger partial charge in [-0.15, -0.1) is 0 Å². The van der Waals surface area contributed by atoms with Crippen LogP contribution in [0.2, 0.25) is 0 Å². The van der Waals surface area contributed by atoms with Gasteiger partial charge >= 0.3 is 0 Å². The maximum Gasteiger partial charge on any atom is 0.172 e. The molecule has 0 aliphatic carbocycles. The minimum absolute atomic E-state index is 0.706. The second-order valence-corrected chi connectivity index (χ2v) is 16.2. The van der Waals surface area contributed by atoms with E-state index in [1.165, 1.54) is 22.3 Å². The van der Waals surface area contributed by atoms with Gasteiger partial charge in [0.25, 0.3) is 0 Å². The maximum absolute atomic E-state index is 6.37. The summed E-state index contributed by atoms with van der Waals surface area (Å²) in [6.07, 6.45) is 0. The highest BCUT2D eigenvalue weighted by Crippen LogP contribution is 2.49. The normalized spacial score (nSPS) is 11.7. The molecule has 0 radical (unpaired) electrons. The lowest BCUT2D eigenvalue weighted by atomic mass is 9.99. The van der Waals surface area contributed by atoms with Gasteiger partial charge in [-0.2, -0.15) is 0 Å². The van der Waals surface area contributed by atoms with Gasteiger partial charge in [-0.05, 0) is 117 Å². The number of benzene rings is 10. The van der Waals surface area contributed by atoms with Crippen molar-refractivity contribution in [2.45, 2.75) is 0 Å². The molecule has 0 unspecified atom stereocenters. The Morgan fingerprint density at radius 3 is 1.11 bits per heavy atom. The summed E-state index contributed by atoms with van der Waals surface area (Å²) in [6, 6.07) is 85.9. The Kier molecular flexibility index (Phi) is 9.12. The molecule has 1 aliphatic heterocycles. The van der Waals surface area contributed by atoms with Gasteiger partial charge in [0.15, 0.2) is 23.0 Å². The zero-order chi connectivity index (χ0) is 42.4. The first-order chi connectivity index (χ1) is 31.7. The first kappa shape index (κ1) is 37.2. The van der Waals surface area contributed by atoms with Crippen LogP contribution in [0.1, 0.15) is 0 Å². The van der Waals surface area contributed by atoms with Crippen LogP contribution in [0.5, 0.6) is 23.0 Å². The molecule has 2 heterocycles. The van der Waals surface area contributed by atoms with Crippen LogP contribution in [0.15, 0.2) is 243 Å². The van der Waals surface area contributed by atoms with E-state index >= 15 is 0 Å². The summed E-state index contributed by atoms with van der Waals surface area (Å²) in [5, 5.41) is 2.26. The first-order valence-electron chi connectivity index (χ1n) is 21.6. The molecule has 11 aromatic rings. The highest BCUT2D eigenvalue weighted by Gasteiger charge is 2.23. The molecule has 0 saturated heterocycles. The molecule has 0 atom stereocenters. The fourth-order valence-electron chi connectivity index (χ4n) is 9.05. The van der Waals surface area contributed by atoms with Gasteiger partial charge in [0.05, 0.1) is 11.0 Å². The van der Waals surface area contributed by atoms with Crippen molar-refractivity contribution in [1.29, 1.82) is 0 Å². The zero-order valence-electron chi connectivity index (χ0n) is 34.8. The summed E-state index contributed by atoms with van der Waals surface area (Å²) in [7, 11) is 0. The maximum atomic E-state index is 6.37. The van der Waals surface area contributed by atoms with Gasteiger partial charge < -0.3 is 18.9 Å². The summed E-state index contributed by atoms with van der Waals surface area (Å²) in [5.41, 5.74) is 15.9. The Morgan fingerprint density at radius 1 is 0.266 bits per heavy atom. The molecule has 0 saturated carbocycles. The number of ether oxygens (including phenoxy) is 2. The van der Waals surface area contributed by atoms with Crippen molar-refractivity contribution in [2.75, 3.05) is 4.90 Å². The van der Waals surface area contributed by atoms with E-state index in [2.05, 4.69) is 228 Å². The third kappa shape index (κ3) is 6.75. The van der Waals surface area contributed by atoms with E-state index in [4.69, 9.17) is 9.47 Å². The third-order valence-electron chi connectivity index (χ3n) is 12.3. The Labute approximate surface area is 372 Å². The molecule has 1 aromatic heterocycles. The molecule has 302 valence electrons. The zero-order valence-corrected chi connectivity index (χ0v) is 34.8. The van der Waals surface area contributed by atoms with Crippen LogP contribution in [0.3, 0.4) is 0 Å². The first-order valence-corrected chi connectivity index (χ1v) is 21.6. The highest BCUT2D eigenvalue weighted by molar-refractivity contribution is 6.11. The molecular weight excluding hydrogens is 781 g/mol. The lowest BCUT2D eigenvalue weighted by Crippen LogP contribution is -2.09. The molecule has 12 rings (SSSR count). The lowest BCUT2D eigenvalue weighted by molar-refractivity contribution is 0.360. The molecule has 0 fully saturated rings. The predicted octanol–water partition coefficient (Wildman–Crippen LogP) is 16.8. The molecule has 1 aliphatic rings. The van der Waals surface area contributed by atoms with Crippen LogP contribution in [-0.2, 0) is 0 Å². The van der Waals surface area contributed by atoms with Gasteiger partial charge in [0.2, 0.25) is 0 Å². The monoisotopic (exact) mass is 820 g/mol. The van der Waals surface area contributed by atoms with Crippen LogP contribution in [-0.4, -0.2) is 4.57 Å². The molecule has 0 bridgehead atoms. The van der Waals surface area contributed by atoms with Gasteiger partial charge in [0, 0.05) is 39.6 Å². The summed E-state index contributed by atoms with van der Waals surface area (Å²) >= 11 is 0. The van der Waals surface area contributed by atoms with Crippen molar-refractivity contribution >= 4 is 38.9 Å². The van der Waals surface area contributed by atoms with Gasteiger partial charge in [-0.25, -0.2) is 0 Å². The van der Waals surface area contributed by atoms with Crippen molar-refractivity contribution in [3.8, 4) is 73.2 Å². The summed E-state index contributed by atoms with van der Waals surface area (Å²) in [4.78, 5) is 2.33. The van der Waals surface area contributed by atoms with Crippen molar-refractivity contribution in [2.24, 2.45) is 0 Å². The van der Waals surface area contributed by atoms with Crippen molar-refractivity contribution < 1.29 is 9.47 Å². The fraction of sp³-hybridized carbons (Fsp3) is 0. The molecule has 0 amide bonds. The van der Waals surface area contributed by atoms with Crippen LogP contribution >= 0.6 is 0 Å². The second kappa shape index (κ2) is 15.7.